The van der Waals surface area contributed by atoms with Crippen LogP contribution in [0.15, 0.2) is 29.3 Å². The Labute approximate surface area is 181 Å². The summed E-state index contributed by atoms with van der Waals surface area (Å²) in [7, 11) is 3.44. The number of hydrogen-bond acceptors (Lipinski definition) is 5. The Balaban J connectivity index is 0.00000261. The van der Waals surface area contributed by atoms with E-state index in [-0.39, 0.29) is 24.0 Å². The molecule has 0 spiro atoms. The molecular formula is C18H27IN6OS. The minimum absolute atomic E-state index is 0. The van der Waals surface area contributed by atoms with Crippen molar-refractivity contribution < 1.29 is 4.74 Å². The number of aromatic nitrogens is 3. The van der Waals surface area contributed by atoms with Crippen LogP contribution in [0.4, 0.5) is 0 Å². The Bertz CT molecular complexity index is 736. The predicted molar refractivity (Wildman–Crippen MR) is 122 cm³/mol. The third-order valence-electron chi connectivity index (χ3n) is 4.59. The lowest BCUT2D eigenvalue weighted by atomic mass is 10.2. The summed E-state index contributed by atoms with van der Waals surface area (Å²) in [6.07, 6.45) is 5.83. The highest BCUT2D eigenvalue weighted by Gasteiger charge is 2.24. The monoisotopic (exact) mass is 502 g/mol. The van der Waals surface area contributed by atoms with Crippen LogP contribution < -0.4 is 15.4 Å². The number of benzene rings is 1. The first-order valence-electron chi connectivity index (χ1n) is 8.77. The standard InChI is InChI=1S/C18H26N6OS.HI/c1-19-18(21-13-6-9-15(10-13)26-3)20-11-16-22-17(24-23-16)12-4-7-14(25-2)8-5-12;/h4-5,7-8,13,15H,6,9-11H2,1-3H3,(H2,19,20,21)(H,22,23,24);1H. The van der Waals surface area contributed by atoms with Crippen LogP contribution in [0.25, 0.3) is 11.4 Å². The molecule has 1 fully saturated rings. The van der Waals surface area contributed by atoms with Crippen molar-refractivity contribution >= 4 is 41.7 Å². The summed E-state index contributed by atoms with van der Waals surface area (Å²) in [6.45, 7) is 0.543. The van der Waals surface area contributed by atoms with Gasteiger partial charge in [-0.15, -0.1) is 24.0 Å². The van der Waals surface area contributed by atoms with E-state index in [2.05, 4.69) is 37.1 Å². The number of nitrogens with one attached hydrogen (secondary N) is 3. The highest BCUT2D eigenvalue weighted by molar-refractivity contribution is 14.0. The van der Waals surface area contributed by atoms with Crippen LogP contribution in [0.5, 0.6) is 5.75 Å². The first-order valence-corrected chi connectivity index (χ1v) is 10.1. The highest BCUT2D eigenvalue weighted by atomic mass is 127. The summed E-state index contributed by atoms with van der Waals surface area (Å²) in [5, 5.41) is 14.8. The van der Waals surface area contributed by atoms with Crippen LogP contribution in [-0.2, 0) is 6.54 Å². The Kier molecular flexibility index (Phi) is 8.68. The summed E-state index contributed by atoms with van der Waals surface area (Å²) in [5.74, 6) is 3.06. The zero-order valence-electron chi connectivity index (χ0n) is 15.9. The van der Waals surface area contributed by atoms with Crippen molar-refractivity contribution in [2.24, 2.45) is 4.99 Å². The zero-order valence-corrected chi connectivity index (χ0v) is 19.0. The molecule has 0 aliphatic heterocycles. The molecule has 0 radical (unpaired) electrons. The molecule has 1 aromatic carbocycles. The van der Waals surface area contributed by atoms with Gasteiger partial charge in [-0.1, -0.05) is 0 Å². The number of nitrogens with zero attached hydrogens (tertiary/aromatic N) is 3. The van der Waals surface area contributed by atoms with Crippen molar-refractivity contribution in [3.63, 3.8) is 0 Å². The second kappa shape index (κ2) is 10.7. The largest absolute Gasteiger partial charge is 0.497 e. The lowest BCUT2D eigenvalue weighted by Crippen LogP contribution is -2.42. The molecule has 9 heteroatoms. The molecule has 0 bridgehead atoms. The molecule has 3 N–H and O–H groups in total. The van der Waals surface area contributed by atoms with Crippen molar-refractivity contribution in [1.29, 1.82) is 0 Å². The second-order valence-corrected chi connectivity index (χ2v) is 7.41. The molecule has 0 amide bonds. The molecule has 2 aromatic rings. The molecule has 3 rings (SSSR count). The molecule has 148 valence electrons. The highest BCUT2D eigenvalue weighted by Crippen LogP contribution is 2.28. The normalized spacial score (nSPS) is 19.4. The number of aromatic amines is 1. The molecule has 27 heavy (non-hydrogen) atoms. The van der Waals surface area contributed by atoms with Gasteiger partial charge in [0.25, 0.3) is 0 Å². The topological polar surface area (TPSA) is 87.2 Å². The van der Waals surface area contributed by atoms with Crippen LogP contribution in [0.3, 0.4) is 0 Å². The Morgan fingerprint density at radius 1 is 1.33 bits per heavy atom. The Hall–Kier alpha value is -1.49. The van der Waals surface area contributed by atoms with Gasteiger partial charge >= 0.3 is 0 Å². The summed E-state index contributed by atoms with van der Waals surface area (Å²) in [6, 6.07) is 8.19. The van der Waals surface area contributed by atoms with Crippen LogP contribution in [0, 0.1) is 0 Å². The molecular weight excluding hydrogens is 475 g/mol. The lowest BCUT2D eigenvalue weighted by Gasteiger charge is -2.16. The maximum atomic E-state index is 5.18. The lowest BCUT2D eigenvalue weighted by molar-refractivity contribution is 0.415. The van der Waals surface area contributed by atoms with Gasteiger partial charge in [0.15, 0.2) is 11.8 Å². The van der Waals surface area contributed by atoms with E-state index in [0.29, 0.717) is 18.4 Å². The number of H-pyrrole nitrogens is 1. The number of methoxy groups -OCH3 is 1. The fourth-order valence-corrected chi connectivity index (χ4v) is 3.88. The van der Waals surface area contributed by atoms with E-state index >= 15 is 0 Å². The van der Waals surface area contributed by atoms with Gasteiger partial charge in [-0.05, 0) is 49.8 Å². The third-order valence-corrected chi connectivity index (χ3v) is 5.68. The van der Waals surface area contributed by atoms with Gasteiger partial charge in [0.05, 0.1) is 13.7 Å². The van der Waals surface area contributed by atoms with Crippen LogP contribution >= 0.6 is 35.7 Å². The molecule has 1 heterocycles. The first-order chi connectivity index (χ1) is 12.7. The van der Waals surface area contributed by atoms with Gasteiger partial charge in [-0.25, -0.2) is 4.98 Å². The van der Waals surface area contributed by atoms with Crippen LogP contribution in [0.1, 0.15) is 25.1 Å². The predicted octanol–water partition coefficient (Wildman–Crippen LogP) is 3.05. The minimum Gasteiger partial charge on any atom is -0.497 e. The molecule has 7 nitrogen and oxygen atoms in total. The SMILES string of the molecule is CN=C(NCc1nc(-c2ccc(OC)cc2)n[nH]1)NC1CCC(SC)C1.I. The van der Waals surface area contributed by atoms with Gasteiger partial charge < -0.3 is 15.4 Å². The molecule has 1 saturated carbocycles. The van der Waals surface area contributed by atoms with Crippen molar-refractivity contribution in [1.82, 2.24) is 25.8 Å². The number of thioether (sulfide) groups is 1. The summed E-state index contributed by atoms with van der Waals surface area (Å²) in [4.78, 5) is 8.86. The fraction of sp³-hybridized carbons (Fsp3) is 0.500. The smallest absolute Gasteiger partial charge is 0.191 e. The number of ether oxygens (including phenoxy) is 1. The average Bonchev–Trinajstić information content (AvgIpc) is 3.34. The van der Waals surface area contributed by atoms with E-state index in [1.54, 1.807) is 14.2 Å². The summed E-state index contributed by atoms with van der Waals surface area (Å²) < 4.78 is 5.18. The molecule has 1 aliphatic carbocycles. The number of aliphatic imine (C=N–C) groups is 1. The zero-order chi connectivity index (χ0) is 18.4. The first kappa shape index (κ1) is 21.8. The van der Waals surface area contributed by atoms with E-state index in [0.717, 1.165) is 28.3 Å². The van der Waals surface area contributed by atoms with Crippen molar-refractivity contribution in [3.05, 3.63) is 30.1 Å². The number of halogens is 1. The molecule has 0 saturated heterocycles. The van der Waals surface area contributed by atoms with Crippen LogP contribution in [-0.4, -0.2) is 52.8 Å². The molecule has 2 unspecified atom stereocenters. The van der Waals surface area contributed by atoms with Gasteiger partial charge in [0.1, 0.15) is 11.6 Å². The van der Waals surface area contributed by atoms with Gasteiger partial charge in [-0.3, -0.25) is 10.1 Å². The van der Waals surface area contributed by atoms with E-state index in [9.17, 15) is 0 Å². The van der Waals surface area contributed by atoms with Crippen molar-refractivity contribution in [3.8, 4) is 17.1 Å². The Morgan fingerprint density at radius 2 is 2.11 bits per heavy atom. The number of rotatable bonds is 6. The maximum absolute atomic E-state index is 5.18. The summed E-state index contributed by atoms with van der Waals surface area (Å²) >= 11 is 1.95. The number of hydrogen-bond donors (Lipinski definition) is 3. The molecule has 1 aliphatic rings. The fourth-order valence-electron chi connectivity index (χ4n) is 3.08. The second-order valence-electron chi connectivity index (χ2n) is 6.27. The van der Waals surface area contributed by atoms with Gasteiger partial charge in [0, 0.05) is 23.9 Å². The van der Waals surface area contributed by atoms with E-state index in [1.807, 2.05) is 36.0 Å². The number of guanidine groups is 1. The Morgan fingerprint density at radius 3 is 2.74 bits per heavy atom. The van der Waals surface area contributed by atoms with Crippen molar-refractivity contribution in [2.75, 3.05) is 20.4 Å². The maximum Gasteiger partial charge on any atom is 0.191 e. The van der Waals surface area contributed by atoms with E-state index in [1.165, 1.54) is 19.3 Å². The van der Waals surface area contributed by atoms with Crippen molar-refractivity contribution in [2.45, 2.75) is 37.1 Å². The van der Waals surface area contributed by atoms with E-state index < -0.39 is 0 Å². The average molecular weight is 502 g/mol. The summed E-state index contributed by atoms with van der Waals surface area (Å²) in [5.41, 5.74) is 0.949. The van der Waals surface area contributed by atoms with Crippen LogP contribution in [0.2, 0.25) is 0 Å². The van der Waals surface area contributed by atoms with Gasteiger partial charge in [0.2, 0.25) is 0 Å². The minimum atomic E-state index is 0. The quantitative estimate of drug-likeness (QED) is 0.320. The third kappa shape index (κ3) is 6.00. The molecule has 2 atom stereocenters. The molecule has 1 aromatic heterocycles. The van der Waals surface area contributed by atoms with E-state index in [4.69, 9.17) is 4.74 Å². The van der Waals surface area contributed by atoms with Gasteiger partial charge in [-0.2, -0.15) is 16.9 Å².